The Kier molecular flexibility index (Phi) is 7.21. The van der Waals surface area contributed by atoms with Crippen LogP contribution in [-0.4, -0.2) is 35.6 Å². The number of aromatic nitrogens is 1. The Labute approximate surface area is 160 Å². The number of esters is 1. The molecule has 0 aromatic carbocycles. The van der Waals surface area contributed by atoms with Gasteiger partial charge < -0.3 is 14.6 Å². The number of rotatable bonds is 5. The van der Waals surface area contributed by atoms with E-state index in [-0.39, 0.29) is 0 Å². The number of aryl methyl sites for hydroxylation is 1. The van der Waals surface area contributed by atoms with Crippen LogP contribution in [0.2, 0.25) is 0 Å². The fourth-order valence-corrected chi connectivity index (χ4v) is 3.57. The Morgan fingerprint density at radius 2 is 1.89 bits per heavy atom. The summed E-state index contributed by atoms with van der Waals surface area (Å²) in [6, 6.07) is 1.95. The minimum absolute atomic E-state index is 0.529. The van der Waals surface area contributed by atoms with Gasteiger partial charge in [-0.15, -0.1) is 0 Å². The molecule has 1 atom stereocenters. The molecule has 2 N–H and O–H groups in total. The van der Waals surface area contributed by atoms with E-state index in [1.54, 1.807) is 6.08 Å². The van der Waals surface area contributed by atoms with Crippen LogP contribution in [0.4, 0.5) is 4.79 Å². The predicted octanol–water partition coefficient (Wildman–Crippen LogP) is 3.01. The van der Waals surface area contributed by atoms with Crippen molar-refractivity contribution >= 4 is 24.0 Å². The fourth-order valence-electron chi connectivity index (χ4n) is 3.57. The van der Waals surface area contributed by atoms with Gasteiger partial charge in [-0.2, -0.15) is 0 Å². The molecule has 1 aliphatic carbocycles. The van der Waals surface area contributed by atoms with Crippen molar-refractivity contribution < 1.29 is 19.1 Å². The maximum Gasteiger partial charge on any atom is 0.331 e. The summed E-state index contributed by atoms with van der Waals surface area (Å²) in [5.41, 5.74) is 3.29. The van der Waals surface area contributed by atoms with E-state index in [2.05, 4.69) is 35.1 Å². The van der Waals surface area contributed by atoms with E-state index >= 15 is 0 Å². The third-order valence-corrected chi connectivity index (χ3v) is 4.99. The summed E-state index contributed by atoms with van der Waals surface area (Å²) in [6.07, 6.45) is 8.18. The lowest BCUT2D eigenvalue weighted by molar-refractivity contribution is -0.149. The zero-order valence-corrected chi connectivity index (χ0v) is 16.5. The van der Waals surface area contributed by atoms with E-state index < -0.39 is 24.0 Å². The highest BCUT2D eigenvalue weighted by atomic mass is 16.5. The number of imide groups is 1. The largest absolute Gasteiger partial charge is 0.449 e. The summed E-state index contributed by atoms with van der Waals surface area (Å²) >= 11 is 0. The van der Waals surface area contributed by atoms with Gasteiger partial charge in [-0.1, -0.05) is 19.3 Å². The molecule has 0 radical (unpaired) electrons. The van der Waals surface area contributed by atoms with Crippen molar-refractivity contribution in [1.82, 2.24) is 15.2 Å². The van der Waals surface area contributed by atoms with E-state index in [1.165, 1.54) is 57.8 Å². The number of ether oxygens (including phenoxy) is 1. The zero-order valence-electron chi connectivity index (χ0n) is 16.5. The maximum atomic E-state index is 12.0. The van der Waals surface area contributed by atoms with Crippen LogP contribution in [0, 0.1) is 13.8 Å². The second-order valence-electron chi connectivity index (χ2n) is 6.97. The summed E-state index contributed by atoms with van der Waals surface area (Å²) in [7, 11) is 1.39. The van der Waals surface area contributed by atoms with Gasteiger partial charge in [-0.05, 0) is 51.3 Å². The number of amides is 3. The van der Waals surface area contributed by atoms with Crippen LogP contribution >= 0.6 is 0 Å². The standard InChI is InChI=1S/C20H29N3O4/c1-13-12-16(14(2)23(13)17-8-6-5-7-9-17)10-11-18(24)27-15(3)19(25)22-20(26)21-4/h10-12,15,17H,5-9H2,1-4H3,(H2,21,22,25,26)/b11-10+. The first kappa shape index (κ1) is 20.7. The molecule has 1 aromatic heterocycles. The number of carbonyl (C=O) groups is 3. The Bertz CT molecular complexity index is 730. The molecular weight excluding hydrogens is 346 g/mol. The lowest BCUT2D eigenvalue weighted by atomic mass is 9.95. The SMILES string of the molecule is CNC(=O)NC(=O)C(C)OC(=O)/C=C/c1cc(C)n(C2CCCCC2)c1C. The van der Waals surface area contributed by atoms with Crippen molar-refractivity contribution in [3.8, 4) is 0 Å². The molecule has 27 heavy (non-hydrogen) atoms. The van der Waals surface area contributed by atoms with Gasteiger partial charge in [-0.3, -0.25) is 10.1 Å². The molecule has 7 nitrogen and oxygen atoms in total. The molecule has 0 bridgehead atoms. The molecule has 0 aliphatic heterocycles. The predicted molar refractivity (Wildman–Crippen MR) is 103 cm³/mol. The third kappa shape index (κ3) is 5.45. The highest BCUT2D eigenvalue weighted by molar-refractivity contribution is 5.98. The van der Waals surface area contributed by atoms with Gasteiger partial charge >= 0.3 is 12.0 Å². The van der Waals surface area contributed by atoms with Crippen LogP contribution in [0.15, 0.2) is 12.1 Å². The monoisotopic (exact) mass is 375 g/mol. The molecule has 1 saturated carbocycles. The van der Waals surface area contributed by atoms with Crippen LogP contribution in [-0.2, 0) is 14.3 Å². The van der Waals surface area contributed by atoms with E-state index in [1.807, 2.05) is 0 Å². The van der Waals surface area contributed by atoms with Gasteiger partial charge in [0.15, 0.2) is 6.10 Å². The number of carbonyl (C=O) groups excluding carboxylic acids is 3. The molecule has 2 rings (SSSR count). The van der Waals surface area contributed by atoms with Gasteiger partial charge in [0.05, 0.1) is 0 Å². The Morgan fingerprint density at radius 1 is 1.22 bits per heavy atom. The van der Waals surface area contributed by atoms with Crippen LogP contribution in [0.1, 0.15) is 62.0 Å². The Balaban J connectivity index is 1.99. The van der Waals surface area contributed by atoms with E-state index in [0.29, 0.717) is 6.04 Å². The number of urea groups is 1. The molecule has 7 heteroatoms. The molecule has 3 amide bonds. The molecule has 1 aliphatic rings. The summed E-state index contributed by atoms with van der Waals surface area (Å²) in [6.45, 7) is 5.56. The third-order valence-electron chi connectivity index (χ3n) is 4.99. The highest BCUT2D eigenvalue weighted by Crippen LogP contribution is 2.32. The van der Waals surface area contributed by atoms with Gasteiger partial charge in [0.25, 0.3) is 5.91 Å². The summed E-state index contributed by atoms with van der Waals surface area (Å²) < 4.78 is 7.41. The normalized spacial score (nSPS) is 16.1. The second-order valence-corrected chi connectivity index (χ2v) is 6.97. The van der Waals surface area contributed by atoms with Gasteiger partial charge in [0.2, 0.25) is 0 Å². The van der Waals surface area contributed by atoms with Crippen LogP contribution in [0.25, 0.3) is 6.08 Å². The molecule has 1 heterocycles. The van der Waals surface area contributed by atoms with Crippen molar-refractivity contribution in [1.29, 1.82) is 0 Å². The minimum atomic E-state index is -1.06. The van der Waals surface area contributed by atoms with Crippen LogP contribution in [0.3, 0.4) is 0 Å². The van der Waals surface area contributed by atoms with Crippen molar-refractivity contribution in [2.45, 2.75) is 65.0 Å². The zero-order chi connectivity index (χ0) is 20.0. The molecule has 148 valence electrons. The molecule has 1 unspecified atom stereocenters. The number of nitrogens with zero attached hydrogens (tertiary/aromatic N) is 1. The quantitative estimate of drug-likeness (QED) is 0.611. The number of nitrogens with one attached hydrogen (secondary N) is 2. The van der Waals surface area contributed by atoms with E-state index in [0.717, 1.165) is 11.3 Å². The van der Waals surface area contributed by atoms with Crippen LogP contribution in [0.5, 0.6) is 0 Å². The van der Waals surface area contributed by atoms with Crippen molar-refractivity contribution in [2.24, 2.45) is 0 Å². The first-order valence-corrected chi connectivity index (χ1v) is 9.43. The molecule has 1 fully saturated rings. The highest BCUT2D eigenvalue weighted by Gasteiger charge is 2.20. The number of hydrogen-bond acceptors (Lipinski definition) is 4. The summed E-state index contributed by atoms with van der Waals surface area (Å²) in [4.78, 5) is 34.8. The molecule has 0 spiro atoms. The van der Waals surface area contributed by atoms with E-state index in [4.69, 9.17) is 4.74 Å². The molecule has 1 aromatic rings. The first-order chi connectivity index (χ1) is 12.8. The molecular formula is C20H29N3O4. The molecule has 0 saturated heterocycles. The van der Waals surface area contributed by atoms with Crippen molar-refractivity contribution in [3.05, 3.63) is 29.1 Å². The maximum absolute atomic E-state index is 12.0. The number of hydrogen-bond donors (Lipinski definition) is 2. The van der Waals surface area contributed by atoms with Gasteiger partial charge in [0.1, 0.15) is 0 Å². The smallest absolute Gasteiger partial charge is 0.331 e. The lowest BCUT2D eigenvalue weighted by Crippen LogP contribution is -2.43. The van der Waals surface area contributed by atoms with Crippen molar-refractivity contribution in [3.63, 3.8) is 0 Å². The van der Waals surface area contributed by atoms with Crippen LogP contribution < -0.4 is 10.6 Å². The average molecular weight is 375 g/mol. The first-order valence-electron chi connectivity index (χ1n) is 9.43. The summed E-state index contributed by atoms with van der Waals surface area (Å²) in [5, 5.41) is 4.33. The van der Waals surface area contributed by atoms with Crippen molar-refractivity contribution in [2.75, 3.05) is 7.05 Å². The summed E-state index contributed by atoms with van der Waals surface area (Å²) in [5.74, 6) is -1.30. The Morgan fingerprint density at radius 3 is 2.52 bits per heavy atom. The lowest BCUT2D eigenvalue weighted by Gasteiger charge is -2.26. The topological polar surface area (TPSA) is 89.4 Å². The average Bonchev–Trinajstić information content (AvgIpc) is 2.93. The second kappa shape index (κ2) is 9.39. The fraction of sp³-hybridized carbons (Fsp3) is 0.550. The minimum Gasteiger partial charge on any atom is -0.449 e. The Hall–Kier alpha value is -2.57. The van der Waals surface area contributed by atoms with E-state index in [9.17, 15) is 14.4 Å². The van der Waals surface area contributed by atoms with Gasteiger partial charge in [0, 0.05) is 30.6 Å². The van der Waals surface area contributed by atoms with Gasteiger partial charge in [-0.25, -0.2) is 9.59 Å².